The van der Waals surface area contributed by atoms with Crippen molar-refractivity contribution in [2.45, 2.75) is 52.7 Å². The van der Waals surface area contributed by atoms with Crippen LogP contribution in [0.2, 0.25) is 0 Å². The fourth-order valence-electron chi connectivity index (χ4n) is 4.21. The van der Waals surface area contributed by atoms with E-state index in [1.165, 1.54) is 4.68 Å². The third-order valence-corrected chi connectivity index (χ3v) is 6.15. The van der Waals surface area contributed by atoms with Gasteiger partial charge in [-0.3, -0.25) is 9.59 Å². The van der Waals surface area contributed by atoms with E-state index in [9.17, 15) is 9.59 Å². The smallest absolute Gasteiger partial charge is 0.297 e. The molecule has 0 aliphatic rings. The number of hydrogen-bond acceptors (Lipinski definition) is 6. The third-order valence-electron chi connectivity index (χ3n) is 6.15. The predicted octanol–water partition coefficient (Wildman–Crippen LogP) is 4.76. The molecule has 2 aromatic heterocycles. The van der Waals surface area contributed by atoms with E-state index in [4.69, 9.17) is 14.4 Å². The number of carbonyl (C=O) groups is 1. The van der Waals surface area contributed by atoms with Crippen molar-refractivity contribution >= 4 is 16.8 Å². The van der Waals surface area contributed by atoms with Gasteiger partial charge in [0.1, 0.15) is 23.2 Å². The summed E-state index contributed by atoms with van der Waals surface area (Å²) in [5.41, 5.74) is 2.03. The number of nitrogens with zero attached hydrogens (tertiary/aromatic N) is 4. The first kappa shape index (κ1) is 24.2. The molecule has 8 nitrogen and oxygen atoms in total. The lowest BCUT2D eigenvalue weighted by atomic mass is 10.1. The average molecular weight is 475 g/mol. The van der Waals surface area contributed by atoms with E-state index in [0.29, 0.717) is 35.6 Å². The van der Waals surface area contributed by atoms with Gasteiger partial charge in [-0.15, -0.1) is 0 Å². The number of aromatic nitrogens is 3. The number of fused-ring (bicyclic) bond motifs is 1. The van der Waals surface area contributed by atoms with Crippen LogP contribution in [0.4, 0.5) is 0 Å². The Balaban J connectivity index is 1.82. The molecule has 4 rings (SSSR count). The summed E-state index contributed by atoms with van der Waals surface area (Å²) in [6, 6.07) is 16.3. The standard InChI is InChI=1S/C27H30N4O4/c1-6-22(26(32)30(17(2)3)16-19-10-8-7-9-11-19)31-27(33)25-23(18(4)35-29-25)24(28-31)20-12-14-21(34-5)15-13-20/h7-15,17,22H,6,16H2,1-5H3. The molecule has 4 aromatic rings. The number of amides is 1. The highest BCUT2D eigenvalue weighted by Crippen LogP contribution is 2.30. The van der Waals surface area contributed by atoms with E-state index in [-0.39, 0.29) is 17.5 Å². The molecule has 0 N–H and O–H groups in total. The van der Waals surface area contributed by atoms with Gasteiger partial charge < -0.3 is 14.2 Å². The number of hydrogen-bond donors (Lipinski definition) is 0. The van der Waals surface area contributed by atoms with Gasteiger partial charge in [-0.05, 0) is 57.0 Å². The molecule has 0 aliphatic carbocycles. The Morgan fingerprint density at radius 3 is 2.40 bits per heavy atom. The molecule has 2 heterocycles. The summed E-state index contributed by atoms with van der Waals surface area (Å²) in [4.78, 5) is 29.1. The minimum absolute atomic E-state index is 0.0634. The van der Waals surface area contributed by atoms with Crippen LogP contribution in [-0.4, -0.2) is 38.9 Å². The molecule has 1 unspecified atom stereocenters. The maximum Gasteiger partial charge on any atom is 0.297 e. The maximum absolute atomic E-state index is 13.8. The second kappa shape index (κ2) is 10.1. The van der Waals surface area contributed by atoms with Gasteiger partial charge in [-0.2, -0.15) is 5.10 Å². The average Bonchev–Trinajstić information content (AvgIpc) is 3.26. The van der Waals surface area contributed by atoms with Crippen LogP contribution in [0.3, 0.4) is 0 Å². The number of rotatable bonds is 8. The Kier molecular flexibility index (Phi) is 7.00. The van der Waals surface area contributed by atoms with Crippen molar-refractivity contribution in [3.05, 3.63) is 76.3 Å². The Morgan fingerprint density at radius 1 is 1.11 bits per heavy atom. The van der Waals surface area contributed by atoms with E-state index in [1.54, 1.807) is 18.9 Å². The Labute approximate surface area is 204 Å². The third kappa shape index (κ3) is 4.69. The van der Waals surface area contributed by atoms with Gasteiger partial charge in [-0.25, -0.2) is 4.68 Å². The zero-order valence-electron chi connectivity index (χ0n) is 20.7. The molecule has 8 heteroatoms. The number of carbonyl (C=O) groups excluding carboxylic acids is 1. The van der Waals surface area contributed by atoms with Crippen molar-refractivity contribution in [1.29, 1.82) is 0 Å². The molecule has 2 aromatic carbocycles. The minimum atomic E-state index is -0.785. The Bertz CT molecular complexity index is 1370. The van der Waals surface area contributed by atoms with Gasteiger partial charge in [-0.1, -0.05) is 42.4 Å². The van der Waals surface area contributed by atoms with Crippen LogP contribution in [0, 0.1) is 6.92 Å². The van der Waals surface area contributed by atoms with E-state index >= 15 is 0 Å². The second-order valence-electron chi connectivity index (χ2n) is 8.76. The normalized spacial score (nSPS) is 12.2. The lowest BCUT2D eigenvalue weighted by Crippen LogP contribution is -2.44. The van der Waals surface area contributed by atoms with Crippen molar-refractivity contribution in [3.8, 4) is 17.0 Å². The SMILES string of the molecule is CCC(C(=O)N(Cc1ccccc1)C(C)C)n1nc(-c2ccc(OC)cc2)c2c(C)onc2c1=O. The number of aryl methyl sites for hydroxylation is 1. The van der Waals surface area contributed by atoms with Crippen molar-refractivity contribution < 1.29 is 14.1 Å². The molecule has 0 spiro atoms. The monoisotopic (exact) mass is 474 g/mol. The zero-order chi connectivity index (χ0) is 25.1. The number of methoxy groups -OCH3 is 1. The van der Waals surface area contributed by atoms with E-state index in [1.807, 2.05) is 75.4 Å². The predicted molar refractivity (Wildman–Crippen MR) is 134 cm³/mol. The topological polar surface area (TPSA) is 90.5 Å². The fourth-order valence-corrected chi connectivity index (χ4v) is 4.21. The molecule has 0 bridgehead atoms. The summed E-state index contributed by atoms with van der Waals surface area (Å²) in [5, 5.41) is 9.29. The maximum atomic E-state index is 13.8. The number of ether oxygens (including phenoxy) is 1. The summed E-state index contributed by atoms with van der Waals surface area (Å²) < 4.78 is 11.9. The van der Waals surface area contributed by atoms with Crippen LogP contribution in [0.15, 0.2) is 63.9 Å². The van der Waals surface area contributed by atoms with Crippen molar-refractivity contribution in [3.63, 3.8) is 0 Å². The molecule has 182 valence electrons. The molecule has 35 heavy (non-hydrogen) atoms. The number of benzene rings is 2. The van der Waals surface area contributed by atoms with E-state index < -0.39 is 11.6 Å². The molecule has 0 saturated carbocycles. The summed E-state index contributed by atoms with van der Waals surface area (Å²) in [6.45, 7) is 8.01. The molecule has 0 radical (unpaired) electrons. The Morgan fingerprint density at radius 2 is 1.80 bits per heavy atom. The lowest BCUT2D eigenvalue weighted by Gasteiger charge is -2.31. The van der Waals surface area contributed by atoms with Crippen molar-refractivity contribution in [1.82, 2.24) is 19.8 Å². The van der Waals surface area contributed by atoms with Gasteiger partial charge in [0.05, 0.1) is 12.5 Å². The molecule has 1 amide bonds. The summed E-state index contributed by atoms with van der Waals surface area (Å²) in [6.07, 6.45) is 0.397. The van der Waals surface area contributed by atoms with Crippen LogP contribution in [0.5, 0.6) is 5.75 Å². The van der Waals surface area contributed by atoms with Crippen LogP contribution >= 0.6 is 0 Å². The minimum Gasteiger partial charge on any atom is -0.497 e. The van der Waals surface area contributed by atoms with Crippen LogP contribution in [-0.2, 0) is 11.3 Å². The first-order valence-corrected chi connectivity index (χ1v) is 11.7. The van der Waals surface area contributed by atoms with Gasteiger partial charge in [0.15, 0.2) is 5.52 Å². The largest absolute Gasteiger partial charge is 0.497 e. The van der Waals surface area contributed by atoms with Crippen LogP contribution in [0.25, 0.3) is 22.2 Å². The van der Waals surface area contributed by atoms with Gasteiger partial charge in [0, 0.05) is 18.2 Å². The molecule has 1 atom stereocenters. The Hall–Kier alpha value is -3.94. The van der Waals surface area contributed by atoms with E-state index in [2.05, 4.69) is 5.16 Å². The van der Waals surface area contributed by atoms with Crippen LogP contribution < -0.4 is 10.3 Å². The summed E-state index contributed by atoms with van der Waals surface area (Å²) in [5.74, 6) is 1.03. The molecule has 0 aliphatic heterocycles. The summed E-state index contributed by atoms with van der Waals surface area (Å²) >= 11 is 0. The molecular weight excluding hydrogens is 444 g/mol. The van der Waals surface area contributed by atoms with Crippen molar-refractivity contribution in [2.75, 3.05) is 7.11 Å². The second-order valence-corrected chi connectivity index (χ2v) is 8.76. The summed E-state index contributed by atoms with van der Waals surface area (Å²) in [7, 11) is 1.60. The van der Waals surface area contributed by atoms with Gasteiger partial charge in [0.25, 0.3) is 5.56 Å². The van der Waals surface area contributed by atoms with Crippen LogP contribution in [0.1, 0.15) is 44.6 Å². The molecule has 0 saturated heterocycles. The quantitative estimate of drug-likeness (QED) is 0.366. The molecular formula is C27H30N4O4. The first-order chi connectivity index (χ1) is 16.8. The van der Waals surface area contributed by atoms with Gasteiger partial charge in [0.2, 0.25) is 5.91 Å². The highest BCUT2D eigenvalue weighted by molar-refractivity contribution is 5.93. The van der Waals surface area contributed by atoms with Gasteiger partial charge >= 0.3 is 0 Å². The highest BCUT2D eigenvalue weighted by Gasteiger charge is 2.30. The first-order valence-electron chi connectivity index (χ1n) is 11.7. The molecule has 0 fully saturated rings. The van der Waals surface area contributed by atoms with E-state index in [0.717, 1.165) is 11.1 Å². The highest BCUT2D eigenvalue weighted by atomic mass is 16.5. The fraction of sp³-hybridized carbons (Fsp3) is 0.333. The van der Waals surface area contributed by atoms with Crippen molar-refractivity contribution in [2.24, 2.45) is 0 Å². The zero-order valence-corrected chi connectivity index (χ0v) is 20.7. The lowest BCUT2D eigenvalue weighted by molar-refractivity contribution is -0.137.